The molecular weight excluding hydrogens is 382 g/mol. The first kappa shape index (κ1) is 19.7. The summed E-state index contributed by atoms with van der Waals surface area (Å²) in [4.78, 5) is 24.7. The van der Waals surface area contributed by atoms with Gasteiger partial charge >= 0.3 is 0 Å². The second kappa shape index (κ2) is 7.33. The molecule has 9 heteroatoms. The molecule has 2 N–H and O–H groups in total. The van der Waals surface area contributed by atoms with Gasteiger partial charge in [-0.3, -0.25) is 9.78 Å². The topological polar surface area (TPSA) is 103 Å². The zero-order chi connectivity index (χ0) is 21.5. The smallest absolute Gasteiger partial charge is 0.263 e. The number of aromatic amines is 1. The Kier molecular flexibility index (Phi) is 4.81. The highest BCUT2D eigenvalue weighted by atomic mass is 16.5. The fourth-order valence-electron chi connectivity index (χ4n) is 3.46. The number of benzene rings is 1. The predicted molar refractivity (Wildman–Crippen MR) is 115 cm³/mol. The van der Waals surface area contributed by atoms with E-state index in [1.54, 1.807) is 24.2 Å². The number of nitrogens with one attached hydrogen (secondary N) is 2. The molecule has 0 amide bonds. The van der Waals surface area contributed by atoms with Crippen molar-refractivity contribution >= 4 is 17.0 Å². The molecule has 0 fully saturated rings. The van der Waals surface area contributed by atoms with E-state index >= 15 is 0 Å². The summed E-state index contributed by atoms with van der Waals surface area (Å²) in [5.41, 5.74) is 0.826. The van der Waals surface area contributed by atoms with Gasteiger partial charge in [0.2, 0.25) is 5.95 Å². The number of hydrogen-bond donors (Lipinski definition) is 2. The summed E-state index contributed by atoms with van der Waals surface area (Å²) >= 11 is 0. The first-order chi connectivity index (χ1) is 14.3. The molecule has 3 aromatic heterocycles. The van der Waals surface area contributed by atoms with E-state index in [2.05, 4.69) is 25.4 Å². The van der Waals surface area contributed by atoms with Crippen LogP contribution >= 0.6 is 0 Å². The standard InChI is InChI=1S/C21H25N7O2/c1-21(2,3)28-17-14(12-23-28)19(29)26-20(25-17)24-16(18-22-10-11-27(18)4)13-8-6-7-9-15(13)30-5/h6-12,16H,1-5H3,(H2,24,25,26,29). The maximum absolute atomic E-state index is 12.7. The number of rotatable bonds is 5. The van der Waals surface area contributed by atoms with Crippen molar-refractivity contribution in [1.82, 2.24) is 29.3 Å². The van der Waals surface area contributed by atoms with Crippen LogP contribution in [0.2, 0.25) is 0 Å². The van der Waals surface area contributed by atoms with Crippen molar-refractivity contribution in [1.29, 1.82) is 0 Å². The van der Waals surface area contributed by atoms with Gasteiger partial charge in [-0.2, -0.15) is 10.1 Å². The maximum atomic E-state index is 12.7. The summed E-state index contributed by atoms with van der Waals surface area (Å²) in [6.07, 6.45) is 5.15. The van der Waals surface area contributed by atoms with Gasteiger partial charge in [-0.05, 0) is 26.8 Å². The minimum absolute atomic E-state index is 0.253. The Balaban J connectivity index is 1.85. The third kappa shape index (κ3) is 3.42. The Morgan fingerprint density at radius 1 is 1.23 bits per heavy atom. The number of aryl methyl sites for hydroxylation is 1. The lowest BCUT2D eigenvalue weighted by Crippen LogP contribution is -2.25. The molecule has 3 heterocycles. The zero-order valence-corrected chi connectivity index (χ0v) is 17.7. The van der Waals surface area contributed by atoms with Crippen LogP contribution in [0, 0.1) is 0 Å². The third-order valence-corrected chi connectivity index (χ3v) is 4.92. The van der Waals surface area contributed by atoms with Gasteiger partial charge in [-0.15, -0.1) is 0 Å². The molecule has 30 heavy (non-hydrogen) atoms. The van der Waals surface area contributed by atoms with Crippen LogP contribution in [0.1, 0.15) is 38.2 Å². The molecule has 0 bridgehead atoms. The third-order valence-electron chi connectivity index (χ3n) is 4.92. The second-order valence-corrected chi connectivity index (χ2v) is 8.09. The van der Waals surface area contributed by atoms with Crippen LogP contribution in [-0.4, -0.2) is 36.4 Å². The van der Waals surface area contributed by atoms with E-state index < -0.39 is 6.04 Å². The molecule has 4 aromatic rings. The van der Waals surface area contributed by atoms with Crippen molar-refractivity contribution in [2.24, 2.45) is 7.05 Å². The molecule has 0 aliphatic heterocycles. The van der Waals surface area contributed by atoms with Crippen molar-refractivity contribution < 1.29 is 4.74 Å². The average molecular weight is 407 g/mol. The number of nitrogens with zero attached hydrogens (tertiary/aromatic N) is 5. The highest BCUT2D eigenvalue weighted by Gasteiger charge is 2.24. The van der Waals surface area contributed by atoms with Crippen LogP contribution in [0.3, 0.4) is 0 Å². The number of aromatic nitrogens is 6. The number of para-hydroxylation sites is 1. The average Bonchev–Trinajstić information content (AvgIpc) is 3.32. The van der Waals surface area contributed by atoms with Crippen molar-refractivity contribution in [3.8, 4) is 5.75 Å². The lowest BCUT2D eigenvalue weighted by atomic mass is 10.0. The molecular formula is C21H25N7O2. The Hall–Kier alpha value is -3.62. The van der Waals surface area contributed by atoms with E-state index in [0.717, 1.165) is 11.4 Å². The summed E-state index contributed by atoms with van der Waals surface area (Å²) in [6.45, 7) is 6.04. The number of H-pyrrole nitrogens is 1. The number of anilines is 1. The lowest BCUT2D eigenvalue weighted by Gasteiger charge is -2.22. The minimum Gasteiger partial charge on any atom is -0.496 e. The normalized spacial score (nSPS) is 12.8. The first-order valence-electron chi connectivity index (χ1n) is 9.65. The highest BCUT2D eigenvalue weighted by Crippen LogP contribution is 2.31. The van der Waals surface area contributed by atoms with Crippen LogP contribution < -0.4 is 15.6 Å². The van der Waals surface area contributed by atoms with E-state index in [0.29, 0.717) is 22.7 Å². The molecule has 4 rings (SSSR count). The SMILES string of the molecule is COc1ccccc1C(Nc1nc2c(cnn2C(C)(C)C)c(=O)[nH]1)c1nccn1C. The monoisotopic (exact) mass is 407 g/mol. The van der Waals surface area contributed by atoms with Crippen LogP contribution in [0.5, 0.6) is 5.75 Å². The maximum Gasteiger partial charge on any atom is 0.263 e. The Bertz CT molecular complexity index is 1250. The van der Waals surface area contributed by atoms with Gasteiger partial charge in [-0.25, -0.2) is 9.67 Å². The van der Waals surface area contributed by atoms with E-state index in [1.807, 2.05) is 62.8 Å². The van der Waals surface area contributed by atoms with Crippen molar-refractivity contribution in [3.63, 3.8) is 0 Å². The molecule has 1 unspecified atom stereocenters. The molecule has 0 aliphatic rings. The molecule has 0 spiro atoms. The fourth-order valence-corrected chi connectivity index (χ4v) is 3.46. The van der Waals surface area contributed by atoms with E-state index in [9.17, 15) is 4.79 Å². The Morgan fingerprint density at radius 3 is 2.67 bits per heavy atom. The number of methoxy groups -OCH3 is 1. The molecule has 9 nitrogen and oxygen atoms in total. The van der Waals surface area contributed by atoms with Gasteiger partial charge in [0.1, 0.15) is 23.0 Å². The van der Waals surface area contributed by atoms with Gasteiger partial charge < -0.3 is 14.6 Å². The van der Waals surface area contributed by atoms with E-state index in [4.69, 9.17) is 4.74 Å². The van der Waals surface area contributed by atoms with Crippen molar-refractivity contribution in [2.75, 3.05) is 12.4 Å². The van der Waals surface area contributed by atoms with Crippen LogP contribution in [0.4, 0.5) is 5.95 Å². The second-order valence-electron chi connectivity index (χ2n) is 8.09. The Morgan fingerprint density at radius 2 is 2.00 bits per heavy atom. The van der Waals surface area contributed by atoms with E-state index in [1.165, 1.54) is 0 Å². The molecule has 0 saturated carbocycles. The van der Waals surface area contributed by atoms with Gasteiger partial charge in [0.05, 0.1) is 18.8 Å². The largest absolute Gasteiger partial charge is 0.496 e. The quantitative estimate of drug-likeness (QED) is 0.527. The molecule has 1 aromatic carbocycles. The van der Waals surface area contributed by atoms with Gasteiger partial charge in [0.15, 0.2) is 5.65 Å². The number of imidazole rings is 1. The summed E-state index contributed by atoms with van der Waals surface area (Å²) in [6, 6.07) is 7.30. The number of hydrogen-bond acceptors (Lipinski definition) is 6. The zero-order valence-electron chi connectivity index (χ0n) is 17.7. The number of fused-ring (bicyclic) bond motifs is 1. The first-order valence-corrected chi connectivity index (χ1v) is 9.65. The Labute approximate surface area is 173 Å². The molecule has 156 valence electrons. The number of ether oxygens (including phenoxy) is 1. The molecule has 0 radical (unpaired) electrons. The summed E-state index contributed by atoms with van der Waals surface area (Å²) in [5.74, 6) is 1.80. The molecule has 1 atom stereocenters. The summed E-state index contributed by atoms with van der Waals surface area (Å²) in [5, 5.41) is 8.16. The minimum atomic E-state index is -0.396. The highest BCUT2D eigenvalue weighted by molar-refractivity contribution is 5.74. The molecule has 0 saturated heterocycles. The summed E-state index contributed by atoms with van der Waals surface area (Å²) in [7, 11) is 3.54. The van der Waals surface area contributed by atoms with Crippen LogP contribution in [-0.2, 0) is 12.6 Å². The molecule has 0 aliphatic carbocycles. The van der Waals surface area contributed by atoms with Crippen molar-refractivity contribution in [2.45, 2.75) is 32.4 Å². The lowest BCUT2D eigenvalue weighted by molar-refractivity contribution is 0.366. The van der Waals surface area contributed by atoms with Crippen LogP contribution in [0.15, 0.2) is 47.7 Å². The van der Waals surface area contributed by atoms with Gasteiger partial charge in [0.25, 0.3) is 5.56 Å². The van der Waals surface area contributed by atoms with E-state index in [-0.39, 0.29) is 11.1 Å². The summed E-state index contributed by atoms with van der Waals surface area (Å²) < 4.78 is 9.23. The van der Waals surface area contributed by atoms with Gasteiger partial charge in [-0.1, -0.05) is 18.2 Å². The van der Waals surface area contributed by atoms with Gasteiger partial charge in [0, 0.05) is 25.0 Å². The fraction of sp³-hybridized carbons (Fsp3) is 0.333. The predicted octanol–water partition coefficient (Wildman–Crippen LogP) is 2.82. The van der Waals surface area contributed by atoms with Crippen LogP contribution in [0.25, 0.3) is 11.0 Å². The van der Waals surface area contributed by atoms with Crippen molar-refractivity contribution in [3.05, 3.63) is 64.6 Å².